The molecule has 2 aliphatic heterocycles. The lowest BCUT2D eigenvalue weighted by atomic mass is 10.1. The zero-order valence-corrected chi connectivity index (χ0v) is 18.9. The quantitative estimate of drug-likeness (QED) is 0.319. The Morgan fingerprint density at radius 2 is 1.85 bits per heavy atom. The lowest BCUT2D eigenvalue weighted by Crippen LogP contribution is -2.35. The van der Waals surface area contributed by atoms with E-state index in [0.717, 1.165) is 16.7 Å². The van der Waals surface area contributed by atoms with Gasteiger partial charge in [0.25, 0.3) is 11.6 Å². The molecule has 0 atom stereocenters. The number of amidine groups is 2. The van der Waals surface area contributed by atoms with E-state index in [1.54, 1.807) is 18.2 Å². The summed E-state index contributed by atoms with van der Waals surface area (Å²) in [6, 6.07) is 15.6. The Morgan fingerprint density at radius 1 is 1.09 bits per heavy atom. The van der Waals surface area contributed by atoms with Gasteiger partial charge in [-0.25, -0.2) is 0 Å². The molecule has 9 nitrogen and oxygen atoms in total. The summed E-state index contributed by atoms with van der Waals surface area (Å²) in [4.78, 5) is 27.5. The number of hydrogen-bond acceptors (Lipinski definition) is 7. The van der Waals surface area contributed by atoms with Crippen molar-refractivity contribution in [2.75, 3.05) is 0 Å². The van der Waals surface area contributed by atoms with Crippen molar-refractivity contribution in [1.29, 1.82) is 5.41 Å². The van der Waals surface area contributed by atoms with E-state index in [-0.39, 0.29) is 17.1 Å². The number of carbonyl (C=O) groups is 1. The molecule has 3 aromatic rings. The molecular formula is C24H17N5O4S. The summed E-state index contributed by atoms with van der Waals surface area (Å²) >= 11 is 1.24. The van der Waals surface area contributed by atoms with Crippen LogP contribution in [0.3, 0.4) is 0 Å². The second kappa shape index (κ2) is 8.23. The van der Waals surface area contributed by atoms with Gasteiger partial charge in [0.1, 0.15) is 16.6 Å². The molecule has 0 saturated heterocycles. The second-order valence-electron chi connectivity index (χ2n) is 7.70. The number of amides is 1. The van der Waals surface area contributed by atoms with Gasteiger partial charge in [-0.1, -0.05) is 30.3 Å². The Labute approximate surface area is 198 Å². The van der Waals surface area contributed by atoms with E-state index in [1.165, 1.54) is 35.0 Å². The third-order valence-corrected chi connectivity index (χ3v) is 6.38. The Bertz CT molecular complexity index is 1480. The first-order valence-corrected chi connectivity index (χ1v) is 11.0. The Kier molecular flexibility index (Phi) is 5.21. The van der Waals surface area contributed by atoms with Gasteiger partial charge in [-0.3, -0.25) is 20.3 Å². The number of fused-ring (bicyclic) bond motifs is 1. The van der Waals surface area contributed by atoms with Crippen molar-refractivity contribution >= 4 is 45.5 Å². The average molecular weight is 471 g/mol. The van der Waals surface area contributed by atoms with Gasteiger partial charge in [0.05, 0.1) is 10.5 Å². The van der Waals surface area contributed by atoms with Crippen molar-refractivity contribution in [3.05, 3.63) is 92.7 Å². The first kappa shape index (κ1) is 21.5. The highest BCUT2D eigenvalue weighted by Gasteiger charge is 2.36. The summed E-state index contributed by atoms with van der Waals surface area (Å²) in [5.41, 5.74) is 3.32. The summed E-state index contributed by atoms with van der Waals surface area (Å²) in [5, 5.41) is 26.5. The molecule has 2 aromatic carbocycles. The van der Waals surface area contributed by atoms with Crippen LogP contribution in [0.25, 0.3) is 17.4 Å². The molecule has 0 unspecified atom stereocenters. The number of non-ortho nitro benzene ring substituents is 1. The Hall–Kier alpha value is -4.31. The van der Waals surface area contributed by atoms with Gasteiger partial charge in [0.2, 0.25) is 5.17 Å². The number of aryl methyl sites for hydroxylation is 2. The van der Waals surface area contributed by atoms with Crippen LogP contribution >= 0.6 is 11.8 Å². The molecule has 34 heavy (non-hydrogen) atoms. The van der Waals surface area contributed by atoms with Gasteiger partial charge >= 0.3 is 0 Å². The third-order valence-electron chi connectivity index (χ3n) is 5.44. The summed E-state index contributed by atoms with van der Waals surface area (Å²) < 4.78 is 5.85. The third kappa shape index (κ3) is 3.73. The SMILES string of the molecule is Cc1ccccc1C1=NN2C(=N)/C(=C\c3ccc(-c4cc([N+](=O)[O-])ccc4C)o3)C(=O)N=C2S1. The fourth-order valence-corrected chi connectivity index (χ4v) is 4.60. The van der Waals surface area contributed by atoms with Crippen LogP contribution in [0.2, 0.25) is 0 Å². The number of nitro groups is 1. The zero-order chi connectivity index (χ0) is 24.0. The van der Waals surface area contributed by atoms with Gasteiger partial charge in [-0.05, 0) is 54.9 Å². The van der Waals surface area contributed by atoms with Crippen LogP contribution in [0, 0.1) is 29.4 Å². The highest BCUT2D eigenvalue weighted by molar-refractivity contribution is 8.27. The maximum absolute atomic E-state index is 12.7. The number of furan rings is 1. The summed E-state index contributed by atoms with van der Waals surface area (Å²) in [6.45, 7) is 3.79. The number of hydrogen-bond donors (Lipinski definition) is 1. The number of benzene rings is 2. The van der Waals surface area contributed by atoms with E-state index in [9.17, 15) is 14.9 Å². The molecule has 2 aliphatic rings. The van der Waals surface area contributed by atoms with Gasteiger partial charge in [0.15, 0.2) is 5.84 Å². The second-order valence-corrected chi connectivity index (χ2v) is 8.65. The zero-order valence-electron chi connectivity index (χ0n) is 18.1. The number of thioether (sulfide) groups is 1. The van der Waals surface area contributed by atoms with E-state index >= 15 is 0 Å². The van der Waals surface area contributed by atoms with Gasteiger partial charge in [-0.15, -0.1) is 0 Å². The highest BCUT2D eigenvalue weighted by atomic mass is 32.2. The molecular weight excluding hydrogens is 454 g/mol. The summed E-state index contributed by atoms with van der Waals surface area (Å²) in [6.07, 6.45) is 1.44. The van der Waals surface area contributed by atoms with Crippen LogP contribution in [0.1, 0.15) is 22.5 Å². The molecule has 10 heteroatoms. The van der Waals surface area contributed by atoms with Crippen molar-refractivity contribution in [3.8, 4) is 11.3 Å². The molecule has 3 heterocycles. The largest absolute Gasteiger partial charge is 0.457 e. The minimum atomic E-state index is -0.561. The average Bonchev–Trinajstić information content (AvgIpc) is 3.44. The Balaban J connectivity index is 1.46. The van der Waals surface area contributed by atoms with Crippen LogP contribution in [-0.4, -0.2) is 31.9 Å². The maximum Gasteiger partial charge on any atom is 0.283 e. The minimum absolute atomic E-state index is 0.0378. The number of nitro benzene ring substituents is 1. The molecule has 0 fully saturated rings. The Morgan fingerprint density at radius 3 is 2.62 bits per heavy atom. The lowest BCUT2D eigenvalue weighted by molar-refractivity contribution is -0.384. The lowest BCUT2D eigenvalue weighted by Gasteiger charge is -2.19. The summed E-state index contributed by atoms with van der Waals surface area (Å²) in [5.74, 6) is 0.0799. The van der Waals surface area contributed by atoms with Crippen molar-refractivity contribution in [2.45, 2.75) is 13.8 Å². The van der Waals surface area contributed by atoms with Crippen molar-refractivity contribution in [3.63, 3.8) is 0 Å². The van der Waals surface area contributed by atoms with E-state index in [2.05, 4.69) is 10.1 Å². The first-order chi connectivity index (χ1) is 16.3. The number of nitrogens with one attached hydrogen (secondary N) is 1. The van der Waals surface area contributed by atoms with E-state index in [4.69, 9.17) is 9.83 Å². The van der Waals surface area contributed by atoms with Gasteiger partial charge in [0, 0.05) is 23.3 Å². The van der Waals surface area contributed by atoms with Crippen LogP contribution in [-0.2, 0) is 4.79 Å². The standard InChI is InChI=1S/C24H17N5O4S/c1-13-5-3-4-6-17(13)23-27-28-21(25)19(22(30)26-24(28)34-23)12-16-9-10-20(33-16)18-11-15(29(31)32)8-7-14(18)2/h3-12,25H,1-2H3/b19-12+,25-21?. The molecule has 0 aliphatic carbocycles. The van der Waals surface area contributed by atoms with Crippen LogP contribution in [0.4, 0.5) is 5.69 Å². The van der Waals surface area contributed by atoms with Gasteiger partial charge in [-0.2, -0.15) is 15.1 Å². The molecule has 168 valence electrons. The minimum Gasteiger partial charge on any atom is -0.457 e. The molecule has 1 N–H and O–H groups in total. The fraction of sp³-hybridized carbons (Fsp3) is 0.0833. The van der Waals surface area contributed by atoms with E-state index in [1.807, 2.05) is 38.1 Å². The van der Waals surface area contributed by atoms with Crippen molar-refractivity contribution in [2.24, 2.45) is 10.1 Å². The van der Waals surface area contributed by atoms with E-state index in [0.29, 0.717) is 27.3 Å². The predicted octanol–water partition coefficient (Wildman–Crippen LogP) is 5.14. The molecule has 0 radical (unpaired) electrons. The molecule has 1 aromatic heterocycles. The molecule has 0 saturated carbocycles. The van der Waals surface area contributed by atoms with Crippen molar-refractivity contribution < 1.29 is 14.1 Å². The predicted molar refractivity (Wildman–Crippen MR) is 131 cm³/mol. The maximum atomic E-state index is 12.7. The van der Waals surface area contributed by atoms with Crippen LogP contribution < -0.4 is 0 Å². The van der Waals surface area contributed by atoms with E-state index < -0.39 is 10.8 Å². The fourth-order valence-electron chi connectivity index (χ4n) is 3.62. The molecule has 5 rings (SSSR count). The molecule has 1 amide bonds. The first-order valence-electron chi connectivity index (χ1n) is 10.2. The normalized spacial score (nSPS) is 16.5. The number of aliphatic imine (C=N–C) groups is 1. The topological polar surface area (TPSA) is 125 Å². The van der Waals surface area contributed by atoms with Gasteiger partial charge < -0.3 is 4.42 Å². The molecule has 0 spiro atoms. The monoisotopic (exact) mass is 471 g/mol. The number of carbonyl (C=O) groups excluding carboxylic acids is 1. The number of hydrazone groups is 1. The highest BCUT2D eigenvalue weighted by Crippen LogP contribution is 2.33. The number of rotatable bonds is 4. The number of nitrogens with zero attached hydrogens (tertiary/aromatic N) is 4. The smallest absolute Gasteiger partial charge is 0.283 e. The molecule has 0 bridgehead atoms. The van der Waals surface area contributed by atoms with Crippen molar-refractivity contribution in [1.82, 2.24) is 5.01 Å². The van der Waals surface area contributed by atoms with Crippen LogP contribution in [0.15, 0.2) is 74.7 Å². The van der Waals surface area contributed by atoms with Crippen LogP contribution in [0.5, 0.6) is 0 Å². The summed E-state index contributed by atoms with van der Waals surface area (Å²) in [7, 11) is 0.